The van der Waals surface area contributed by atoms with Crippen LogP contribution in [0.25, 0.3) is 0 Å². The minimum atomic E-state index is -0.436. The van der Waals surface area contributed by atoms with Gasteiger partial charge in [0.25, 0.3) is 5.91 Å². The third-order valence-electron chi connectivity index (χ3n) is 2.66. The number of nitrogens with one attached hydrogen (secondary N) is 1. The lowest BCUT2D eigenvalue weighted by molar-refractivity contribution is 0.0950. The molecule has 0 saturated heterocycles. The minimum Gasteiger partial charge on any atom is -0.478 e. The monoisotopic (exact) mass is 274 g/mol. The maximum atomic E-state index is 13.0. The molecule has 5 heteroatoms. The molecule has 0 aliphatic carbocycles. The van der Waals surface area contributed by atoms with E-state index >= 15 is 0 Å². The van der Waals surface area contributed by atoms with E-state index in [9.17, 15) is 9.18 Å². The number of hydrogen-bond acceptors (Lipinski definition) is 3. The van der Waals surface area contributed by atoms with Crippen molar-refractivity contribution in [3.05, 3.63) is 59.5 Å². The summed E-state index contributed by atoms with van der Waals surface area (Å²) in [5.74, 6) is -0.278. The third kappa shape index (κ3) is 3.54. The molecular weight excluding hydrogens is 259 g/mol. The van der Waals surface area contributed by atoms with E-state index in [1.807, 2.05) is 13.0 Å². The van der Waals surface area contributed by atoms with E-state index in [0.29, 0.717) is 12.5 Å². The molecule has 1 aromatic heterocycles. The first kappa shape index (κ1) is 14.0. The van der Waals surface area contributed by atoms with E-state index in [2.05, 4.69) is 10.3 Å². The van der Waals surface area contributed by atoms with Crippen molar-refractivity contribution in [1.29, 1.82) is 0 Å². The van der Waals surface area contributed by atoms with E-state index < -0.39 is 5.82 Å². The van der Waals surface area contributed by atoms with Gasteiger partial charge in [-0.25, -0.2) is 9.37 Å². The maximum Gasteiger partial charge on any atom is 0.251 e. The first-order chi connectivity index (χ1) is 9.70. The van der Waals surface area contributed by atoms with E-state index in [1.165, 1.54) is 18.2 Å². The predicted molar refractivity (Wildman–Crippen MR) is 73.0 cm³/mol. The molecule has 104 valence electrons. The Morgan fingerprint density at radius 2 is 2.20 bits per heavy atom. The molecule has 0 atom stereocenters. The van der Waals surface area contributed by atoms with Crippen LogP contribution in [-0.2, 0) is 6.54 Å². The van der Waals surface area contributed by atoms with Crippen LogP contribution in [0.4, 0.5) is 4.39 Å². The zero-order valence-corrected chi connectivity index (χ0v) is 11.1. The summed E-state index contributed by atoms with van der Waals surface area (Å²) in [6, 6.07) is 9.15. The number of benzene rings is 1. The average Bonchev–Trinajstić information content (AvgIpc) is 2.46. The number of nitrogens with zero attached hydrogens (tertiary/aromatic N) is 1. The molecule has 1 aromatic carbocycles. The van der Waals surface area contributed by atoms with Crippen LogP contribution in [0.15, 0.2) is 42.6 Å². The quantitative estimate of drug-likeness (QED) is 0.911. The first-order valence-electron chi connectivity index (χ1n) is 6.31. The van der Waals surface area contributed by atoms with Crippen LogP contribution in [0.2, 0.25) is 0 Å². The van der Waals surface area contributed by atoms with Crippen molar-refractivity contribution in [2.24, 2.45) is 0 Å². The molecule has 0 aliphatic rings. The zero-order valence-electron chi connectivity index (χ0n) is 11.1. The van der Waals surface area contributed by atoms with Gasteiger partial charge in [0.15, 0.2) is 0 Å². The van der Waals surface area contributed by atoms with Gasteiger partial charge in [0, 0.05) is 23.9 Å². The Kier molecular flexibility index (Phi) is 4.65. The molecule has 0 bridgehead atoms. The van der Waals surface area contributed by atoms with Crippen molar-refractivity contribution in [3.63, 3.8) is 0 Å². The summed E-state index contributed by atoms with van der Waals surface area (Å²) in [6.07, 6.45) is 1.63. The van der Waals surface area contributed by atoms with Crippen molar-refractivity contribution in [2.45, 2.75) is 13.5 Å². The van der Waals surface area contributed by atoms with Crippen LogP contribution in [0.1, 0.15) is 22.8 Å². The van der Waals surface area contributed by atoms with Crippen LogP contribution in [0.3, 0.4) is 0 Å². The molecule has 1 amide bonds. The number of halogens is 1. The molecule has 0 aliphatic heterocycles. The molecule has 0 saturated carbocycles. The largest absolute Gasteiger partial charge is 0.478 e. The SMILES string of the molecule is CCOc1ncccc1CNC(=O)c1cccc(F)c1. The fourth-order valence-corrected chi connectivity index (χ4v) is 1.73. The highest BCUT2D eigenvalue weighted by Crippen LogP contribution is 2.14. The number of rotatable bonds is 5. The summed E-state index contributed by atoms with van der Waals surface area (Å²) in [7, 11) is 0. The van der Waals surface area contributed by atoms with Crippen molar-refractivity contribution in [2.75, 3.05) is 6.61 Å². The van der Waals surface area contributed by atoms with E-state index in [-0.39, 0.29) is 18.0 Å². The summed E-state index contributed by atoms with van der Waals surface area (Å²) in [5.41, 5.74) is 1.06. The fourth-order valence-electron chi connectivity index (χ4n) is 1.73. The van der Waals surface area contributed by atoms with Gasteiger partial charge in [-0.3, -0.25) is 4.79 Å². The van der Waals surface area contributed by atoms with Crippen LogP contribution in [-0.4, -0.2) is 17.5 Å². The number of aromatic nitrogens is 1. The van der Waals surface area contributed by atoms with E-state index in [4.69, 9.17) is 4.74 Å². The molecular formula is C15H15FN2O2. The van der Waals surface area contributed by atoms with Gasteiger partial charge in [0.2, 0.25) is 5.88 Å². The summed E-state index contributed by atoms with van der Waals surface area (Å²) < 4.78 is 18.4. The second-order valence-corrected chi connectivity index (χ2v) is 4.09. The molecule has 20 heavy (non-hydrogen) atoms. The standard InChI is InChI=1S/C15H15FN2O2/c1-2-20-15-12(6-4-8-17-15)10-18-14(19)11-5-3-7-13(16)9-11/h3-9H,2,10H2,1H3,(H,18,19). The normalized spacial score (nSPS) is 10.1. The van der Waals surface area contributed by atoms with Crippen molar-refractivity contribution in [1.82, 2.24) is 10.3 Å². The van der Waals surface area contributed by atoms with Gasteiger partial charge < -0.3 is 10.1 Å². The molecule has 0 radical (unpaired) electrons. The Bertz CT molecular complexity index is 602. The van der Waals surface area contributed by atoms with Crippen molar-refractivity contribution < 1.29 is 13.9 Å². The van der Waals surface area contributed by atoms with Gasteiger partial charge in [-0.1, -0.05) is 12.1 Å². The van der Waals surface area contributed by atoms with Gasteiger partial charge in [-0.15, -0.1) is 0 Å². The Morgan fingerprint density at radius 1 is 1.35 bits per heavy atom. The van der Waals surface area contributed by atoms with Crippen molar-refractivity contribution >= 4 is 5.91 Å². The lowest BCUT2D eigenvalue weighted by atomic mass is 10.2. The van der Waals surface area contributed by atoms with Crippen LogP contribution in [0, 0.1) is 5.82 Å². The molecule has 1 heterocycles. The lowest BCUT2D eigenvalue weighted by Crippen LogP contribution is -2.23. The summed E-state index contributed by atoms with van der Waals surface area (Å²) >= 11 is 0. The number of carbonyl (C=O) groups excluding carboxylic acids is 1. The van der Waals surface area contributed by atoms with Crippen molar-refractivity contribution in [3.8, 4) is 5.88 Å². The molecule has 0 spiro atoms. The van der Waals surface area contributed by atoms with Crippen LogP contribution < -0.4 is 10.1 Å². The van der Waals surface area contributed by atoms with Gasteiger partial charge in [0.1, 0.15) is 5.82 Å². The summed E-state index contributed by atoms with van der Waals surface area (Å²) in [5, 5.41) is 2.72. The Morgan fingerprint density at radius 3 is 2.95 bits per heavy atom. The third-order valence-corrected chi connectivity index (χ3v) is 2.66. The molecule has 0 fully saturated rings. The highest BCUT2D eigenvalue weighted by atomic mass is 19.1. The maximum absolute atomic E-state index is 13.0. The fraction of sp³-hybridized carbons (Fsp3) is 0.200. The van der Waals surface area contributed by atoms with Gasteiger partial charge in [0.05, 0.1) is 6.61 Å². The summed E-state index contributed by atoms with van der Waals surface area (Å²) in [6.45, 7) is 2.64. The van der Waals surface area contributed by atoms with E-state index in [1.54, 1.807) is 18.3 Å². The first-order valence-corrected chi connectivity index (χ1v) is 6.31. The van der Waals surface area contributed by atoms with Gasteiger partial charge >= 0.3 is 0 Å². The Hall–Kier alpha value is -2.43. The number of amides is 1. The van der Waals surface area contributed by atoms with Crippen LogP contribution >= 0.6 is 0 Å². The minimum absolute atomic E-state index is 0.276. The molecule has 4 nitrogen and oxygen atoms in total. The molecule has 2 aromatic rings. The molecule has 1 N–H and O–H groups in total. The zero-order chi connectivity index (χ0) is 14.4. The summed E-state index contributed by atoms with van der Waals surface area (Å²) in [4.78, 5) is 16.0. The lowest BCUT2D eigenvalue weighted by Gasteiger charge is -2.09. The number of ether oxygens (including phenoxy) is 1. The van der Waals surface area contributed by atoms with Gasteiger partial charge in [-0.2, -0.15) is 0 Å². The smallest absolute Gasteiger partial charge is 0.251 e. The molecule has 2 rings (SSSR count). The number of pyridine rings is 1. The molecule has 0 unspecified atom stereocenters. The second-order valence-electron chi connectivity index (χ2n) is 4.09. The highest BCUT2D eigenvalue weighted by molar-refractivity contribution is 5.94. The van der Waals surface area contributed by atoms with Gasteiger partial charge in [-0.05, 0) is 31.2 Å². The number of carbonyl (C=O) groups is 1. The Labute approximate surface area is 116 Å². The second kappa shape index (κ2) is 6.65. The van der Waals surface area contributed by atoms with Crippen LogP contribution in [0.5, 0.6) is 5.88 Å². The Balaban J connectivity index is 2.03. The van der Waals surface area contributed by atoms with E-state index in [0.717, 1.165) is 5.56 Å². The highest BCUT2D eigenvalue weighted by Gasteiger charge is 2.09. The number of hydrogen-bond donors (Lipinski definition) is 1. The average molecular weight is 274 g/mol. The predicted octanol–water partition coefficient (Wildman–Crippen LogP) is 2.55. The topological polar surface area (TPSA) is 51.2 Å².